The first-order valence-corrected chi connectivity index (χ1v) is 7.81. The van der Waals surface area contributed by atoms with Gasteiger partial charge >= 0.3 is 5.97 Å². The maximum absolute atomic E-state index is 11.5. The molecule has 2 rings (SSSR count). The lowest BCUT2D eigenvalue weighted by atomic mass is 10.1. The Kier molecular flexibility index (Phi) is 6.06. The number of methoxy groups -OCH3 is 2. The summed E-state index contributed by atoms with van der Waals surface area (Å²) in [5.41, 5.74) is 1.86. The van der Waals surface area contributed by atoms with Crippen LogP contribution in [0.3, 0.4) is 0 Å². The van der Waals surface area contributed by atoms with Crippen LogP contribution in [0.5, 0.6) is 11.5 Å². The molecular weight excluding hydrogens is 395 g/mol. The summed E-state index contributed by atoms with van der Waals surface area (Å²) in [6, 6.07) is 13.4. The summed E-state index contributed by atoms with van der Waals surface area (Å²) in [5, 5.41) is 0. The number of carbonyl (C=O) groups excluding carboxylic acids is 1. The van der Waals surface area contributed by atoms with Gasteiger partial charge in [-0.1, -0.05) is 12.1 Å². The Bertz CT molecular complexity index is 638. The number of rotatable bonds is 6. The summed E-state index contributed by atoms with van der Waals surface area (Å²) < 4.78 is 16.7. The zero-order valence-corrected chi connectivity index (χ0v) is 14.6. The van der Waals surface area contributed by atoms with Crippen molar-refractivity contribution in [2.24, 2.45) is 0 Å². The van der Waals surface area contributed by atoms with Crippen molar-refractivity contribution in [1.82, 2.24) is 0 Å². The van der Waals surface area contributed by atoms with Crippen molar-refractivity contribution >= 4 is 28.6 Å². The number of hydrogen-bond acceptors (Lipinski definition) is 4. The molecule has 0 N–H and O–H groups in total. The highest BCUT2D eigenvalue weighted by atomic mass is 127. The van der Waals surface area contributed by atoms with Crippen LogP contribution in [-0.2, 0) is 22.6 Å². The fourth-order valence-corrected chi connectivity index (χ4v) is 2.49. The molecule has 4 nitrogen and oxygen atoms in total. The maximum Gasteiger partial charge on any atom is 0.310 e. The van der Waals surface area contributed by atoms with Crippen molar-refractivity contribution in [3.63, 3.8) is 0 Å². The molecule has 0 radical (unpaired) electrons. The second-order valence-corrected chi connectivity index (χ2v) is 5.89. The molecule has 0 unspecified atom stereocenters. The van der Waals surface area contributed by atoms with Crippen LogP contribution in [0.15, 0.2) is 42.5 Å². The second kappa shape index (κ2) is 8.03. The minimum absolute atomic E-state index is 0.200. The van der Waals surface area contributed by atoms with E-state index in [4.69, 9.17) is 14.2 Å². The van der Waals surface area contributed by atoms with Crippen LogP contribution in [0.25, 0.3) is 0 Å². The molecule has 116 valence electrons. The standard InChI is InChI=1S/C17H17IO4/c1-20-15-6-3-12(4-7-15)11-22-16-8-5-14(18)9-13(16)10-17(19)21-2/h3-9H,10-11H2,1-2H3. The first-order valence-electron chi connectivity index (χ1n) is 6.73. The highest BCUT2D eigenvalue weighted by Crippen LogP contribution is 2.23. The third-order valence-corrected chi connectivity index (χ3v) is 3.81. The fourth-order valence-electron chi connectivity index (χ4n) is 1.94. The van der Waals surface area contributed by atoms with E-state index in [1.165, 1.54) is 7.11 Å². The van der Waals surface area contributed by atoms with Crippen molar-refractivity contribution in [2.75, 3.05) is 14.2 Å². The summed E-state index contributed by atoms with van der Waals surface area (Å²) in [6.07, 6.45) is 0.200. The number of benzene rings is 2. The van der Waals surface area contributed by atoms with Crippen molar-refractivity contribution in [1.29, 1.82) is 0 Å². The summed E-state index contributed by atoms with van der Waals surface area (Å²) in [5.74, 6) is 1.22. The number of halogens is 1. The summed E-state index contributed by atoms with van der Waals surface area (Å²) >= 11 is 2.21. The zero-order valence-electron chi connectivity index (χ0n) is 12.5. The van der Waals surface area contributed by atoms with E-state index in [1.54, 1.807) is 7.11 Å². The van der Waals surface area contributed by atoms with E-state index >= 15 is 0 Å². The van der Waals surface area contributed by atoms with Crippen LogP contribution < -0.4 is 9.47 Å². The van der Waals surface area contributed by atoms with E-state index in [0.29, 0.717) is 12.4 Å². The molecule has 22 heavy (non-hydrogen) atoms. The lowest BCUT2D eigenvalue weighted by molar-refractivity contribution is -0.139. The minimum atomic E-state index is -0.281. The van der Waals surface area contributed by atoms with Crippen molar-refractivity contribution in [2.45, 2.75) is 13.0 Å². The van der Waals surface area contributed by atoms with Crippen LogP contribution >= 0.6 is 22.6 Å². The monoisotopic (exact) mass is 412 g/mol. The van der Waals surface area contributed by atoms with Crippen LogP contribution in [0, 0.1) is 3.57 Å². The summed E-state index contributed by atoms with van der Waals surface area (Å²) in [6.45, 7) is 0.429. The van der Waals surface area contributed by atoms with E-state index in [2.05, 4.69) is 22.6 Å². The number of esters is 1. The maximum atomic E-state index is 11.5. The van der Waals surface area contributed by atoms with Crippen LogP contribution in [0.1, 0.15) is 11.1 Å². The smallest absolute Gasteiger partial charge is 0.310 e. The van der Waals surface area contributed by atoms with Gasteiger partial charge in [0, 0.05) is 9.13 Å². The third-order valence-electron chi connectivity index (χ3n) is 3.14. The molecule has 0 aliphatic rings. The van der Waals surface area contributed by atoms with Crippen molar-refractivity contribution in [3.05, 3.63) is 57.2 Å². The third kappa shape index (κ3) is 4.62. The van der Waals surface area contributed by atoms with Gasteiger partial charge in [0.2, 0.25) is 0 Å². The topological polar surface area (TPSA) is 44.8 Å². The van der Waals surface area contributed by atoms with Crippen molar-refractivity contribution < 1.29 is 19.0 Å². The predicted octanol–water partition coefficient (Wildman–Crippen LogP) is 3.59. The molecule has 5 heteroatoms. The Morgan fingerprint density at radius 3 is 2.45 bits per heavy atom. The van der Waals surface area contributed by atoms with E-state index < -0.39 is 0 Å². The summed E-state index contributed by atoms with van der Waals surface area (Å²) in [4.78, 5) is 11.5. The van der Waals surface area contributed by atoms with Gasteiger partial charge in [-0.25, -0.2) is 0 Å². The van der Waals surface area contributed by atoms with E-state index in [1.807, 2.05) is 42.5 Å². The molecule has 0 spiro atoms. The van der Waals surface area contributed by atoms with Gasteiger partial charge in [0.25, 0.3) is 0 Å². The molecule has 0 aliphatic heterocycles. The molecule has 0 bridgehead atoms. The fraction of sp³-hybridized carbons (Fsp3) is 0.235. The van der Waals surface area contributed by atoms with E-state index in [0.717, 1.165) is 20.4 Å². The molecule has 0 heterocycles. The van der Waals surface area contributed by atoms with E-state index in [9.17, 15) is 4.79 Å². The second-order valence-electron chi connectivity index (χ2n) is 4.64. The first-order chi connectivity index (χ1) is 10.6. The minimum Gasteiger partial charge on any atom is -0.497 e. The Balaban J connectivity index is 2.09. The largest absolute Gasteiger partial charge is 0.497 e. The van der Waals surface area contributed by atoms with E-state index in [-0.39, 0.29) is 12.4 Å². The van der Waals surface area contributed by atoms with Gasteiger partial charge in [0.1, 0.15) is 18.1 Å². The highest BCUT2D eigenvalue weighted by molar-refractivity contribution is 14.1. The van der Waals surface area contributed by atoms with Gasteiger partial charge in [-0.3, -0.25) is 4.79 Å². The highest BCUT2D eigenvalue weighted by Gasteiger charge is 2.10. The van der Waals surface area contributed by atoms with Gasteiger partial charge in [0.05, 0.1) is 20.6 Å². The van der Waals surface area contributed by atoms with Gasteiger partial charge in [-0.2, -0.15) is 0 Å². The molecule has 2 aromatic rings. The molecule has 0 atom stereocenters. The van der Waals surface area contributed by atoms with Crippen LogP contribution in [0.2, 0.25) is 0 Å². The first kappa shape index (κ1) is 16.6. The number of carbonyl (C=O) groups is 1. The average Bonchev–Trinajstić information content (AvgIpc) is 2.54. The molecule has 0 saturated heterocycles. The Hall–Kier alpha value is -1.76. The summed E-state index contributed by atoms with van der Waals surface area (Å²) in [7, 11) is 3.02. The molecular formula is C17H17IO4. The predicted molar refractivity (Wildman–Crippen MR) is 92.2 cm³/mol. The van der Waals surface area contributed by atoms with Gasteiger partial charge in [-0.15, -0.1) is 0 Å². The number of hydrogen-bond donors (Lipinski definition) is 0. The zero-order chi connectivity index (χ0) is 15.9. The molecule has 0 amide bonds. The lowest BCUT2D eigenvalue weighted by Gasteiger charge is -2.12. The molecule has 0 aliphatic carbocycles. The Morgan fingerprint density at radius 1 is 1.09 bits per heavy atom. The molecule has 0 saturated carbocycles. The normalized spacial score (nSPS) is 10.1. The van der Waals surface area contributed by atoms with Crippen molar-refractivity contribution in [3.8, 4) is 11.5 Å². The Labute approximate surface area is 143 Å². The van der Waals surface area contributed by atoms with Gasteiger partial charge in [-0.05, 0) is 58.5 Å². The average molecular weight is 412 g/mol. The number of ether oxygens (including phenoxy) is 3. The molecule has 0 aromatic heterocycles. The van der Waals surface area contributed by atoms with Crippen LogP contribution in [0.4, 0.5) is 0 Å². The van der Waals surface area contributed by atoms with Gasteiger partial charge < -0.3 is 14.2 Å². The quantitative estimate of drug-likeness (QED) is 0.538. The van der Waals surface area contributed by atoms with Crippen LogP contribution in [-0.4, -0.2) is 20.2 Å². The Morgan fingerprint density at radius 2 is 1.82 bits per heavy atom. The molecule has 0 fully saturated rings. The van der Waals surface area contributed by atoms with Gasteiger partial charge in [0.15, 0.2) is 0 Å². The molecule has 2 aromatic carbocycles. The SMILES string of the molecule is COC(=O)Cc1cc(I)ccc1OCc1ccc(OC)cc1. The lowest BCUT2D eigenvalue weighted by Crippen LogP contribution is -2.07.